The van der Waals surface area contributed by atoms with Crippen LogP contribution in [-0.2, 0) is 14.6 Å². The van der Waals surface area contributed by atoms with Gasteiger partial charge in [-0.15, -0.1) is 0 Å². The van der Waals surface area contributed by atoms with Gasteiger partial charge in [-0.05, 0) is 20.8 Å². The molecule has 0 aromatic carbocycles. The van der Waals surface area contributed by atoms with E-state index in [-0.39, 0.29) is 11.5 Å². The van der Waals surface area contributed by atoms with Gasteiger partial charge in [0.25, 0.3) is 0 Å². The molecule has 0 rings (SSSR count). The van der Waals surface area contributed by atoms with E-state index in [1.54, 1.807) is 6.92 Å². The maximum absolute atomic E-state index is 12.0. The number of sulfone groups is 1. The van der Waals surface area contributed by atoms with Crippen molar-refractivity contribution in [2.45, 2.75) is 25.5 Å². The van der Waals surface area contributed by atoms with Gasteiger partial charge in [0.1, 0.15) is 4.75 Å². The summed E-state index contributed by atoms with van der Waals surface area (Å²) in [7, 11) is -3.47. The molecule has 0 fully saturated rings. The summed E-state index contributed by atoms with van der Waals surface area (Å²) in [5.41, 5.74) is 5.35. The first-order valence-corrected chi connectivity index (χ1v) is 7.11. The molecular weight excluding hydrogens is 248 g/mol. The number of likely N-dealkylation sites (N-methyl/N-ethyl adjacent to an activating group) is 1. The molecule has 94 valence electrons. The number of amides is 1. The third-order valence-electron chi connectivity index (χ3n) is 2.46. The zero-order chi connectivity index (χ0) is 13.1. The van der Waals surface area contributed by atoms with Crippen LogP contribution in [-0.4, -0.2) is 48.3 Å². The maximum atomic E-state index is 12.0. The summed E-state index contributed by atoms with van der Waals surface area (Å²) in [6.07, 6.45) is 1.04. The summed E-state index contributed by atoms with van der Waals surface area (Å²) in [4.78, 5) is 13.5. The van der Waals surface area contributed by atoms with E-state index in [2.05, 4.69) is 0 Å². The van der Waals surface area contributed by atoms with Crippen LogP contribution in [0.4, 0.5) is 0 Å². The first-order chi connectivity index (χ1) is 7.04. The molecule has 0 aliphatic carbocycles. The van der Waals surface area contributed by atoms with Crippen LogP contribution < -0.4 is 5.73 Å². The Morgan fingerprint density at radius 3 is 2.12 bits per heavy atom. The van der Waals surface area contributed by atoms with Gasteiger partial charge in [0.05, 0.1) is 11.5 Å². The molecule has 0 aromatic rings. The van der Waals surface area contributed by atoms with Gasteiger partial charge in [0.15, 0.2) is 9.84 Å². The molecule has 0 aliphatic heterocycles. The van der Waals surface area contributed by atoms with E-state index < -0.39 is 20.5 Å². The second-order valence-electron chi connectivity index (χ2n) is 4.07. The summed E-state index contributed by atoms with van der Waals surface area (Å²) < 4.78 is 21.5. The van der Waals surface area contributed by atoms with Crippen LogP contribution in [0, 0.1) is 0 Å². The Morgan fingerprint density at radius 1 is 1.44 bits per heavy atom. The van der Waals surface area contributed by atoms with Crippen molar-refractivity contribution >= 4 is 33.0 Å². The fourth-order valence-electron chi connectivity index (χ4n) is 1.05. The average molecular weight is 266 g/mol. The van der Waals surface area contributed by atoms with Crippen LogP contribution in [0.5, 0.6) is 0 Å². The zero-order valence-electron chi connectivity index (χ0n) is 9.98. The van der Waals surface area contributed by atoms with E-state index >= 15 is 0 Å². The van der Waals surface area contributed by atoms with Crippen LogP contribution in [0.1, 0.15) is 20.8 Å². The average Bonchev–Trinajstić information content (AvgIpc) is 2.10. The second kappa shape index (κ2) is 5.09. The molecule has 0 saturated heterocycles. The molecule has 0 spiro atoms. The Morgan fingerprint density at radius 2 is 1.88 bits per heavy atom. The third-order valence-corrected chi connectivity index (χ3v) is 4.62. The molecular formula is C9H18N2O3S2. The molecule has 1 amide bonds. The molecule has 0 heterocycles. The van der Waals surface area contributed by atoms with E-state index in [4.69, 9.17) is 18.0 Å². The smallest absolute Gasteiger partial charge is 0.243 e. The van der Waals surface area contributed by atoms with Crippen molar-refractivity contribution in [2.24, 2.45) is 5.73 Å². The van der Waals surface area contributed by atoms with Gasteiger partial charge in [-0.3, -0.25) is 4.79 Å². The highest BCUT2D eigenvalue weighted by Crippen LogP contribution is 2.18. The van der Waals surface area contributed by atoms with E-state index in [1.807, 2.05) is 0 Å². The van der Waals surface area contributed by atoms with Gasteiger partial charge in [-0.1, -0.05) is 12.2 Å². The Kier molecular flexibility index (Phi) is 4.87. The first kappa shape index (κ1) is 15.3. The summed E-state index contributed by atoms with van der Waals surface area (Å²) >= 11 is 4.71. The lowest BCUT2D eigenvalue weighted by Crippen LogP contribution is -2.51. The van der Waals surface area contributed by atoms with E-state index in [9.17, 15) is 13.2 Å². The molecule has 0 aromatic heterocycles. The minimum Gasteiger partial charge on any atom is -0.392 e. The van der Waals surface area contributed by atoms with Gasteiger partial charge >= 0.3 is 0 Å². The topological polar surface area (TPSA) is 80.5 Å². The van der Waals surface area contributed by atoms with Crippen molar-refractivity contribution in [2.75, 3.05) is 19.3 Å². The number of hydrogen-bond acceptors (Lipinski definition) is 4. The first-order valence-electron chi connectivity index (χ1n) is 4.81. The fraction of sp³-hybridized carbons (Fsp3) is 0.778. The molecule has 0 saturated carbocycles. The normalized spacial score (nSPS) is 12.2. The number of nitrogens with two attached hydrogens (primary N) is 1. The van der Waals surface area contributed by atoms with Gasteiger partial charge in [-0.25, -0.2) is 8.42 Å². The van der Waals surface area contributed by atoms with Crippen molar-refractivity contribution in [3.63, 3.8) is 0 Å². The number of carbonyl (C=O) groups is 1. The zero-order valence-corrected chi connectivity index (χ0v) is 11.6. The standard InChI is InChI=1S/C9H18N2O3S2/c1-5-11(6-7(10)15)8(12)9(2,3)16(4,13)14/h5-6H2,1-4H3,(H2,10,15). The highest BCUT2D eigenvalue weighted by molar-refractivity contribution is 7.92. The molecule has 0 aliphatic rings. The minimum atomic E-state index is -3.47. The number of thiocarbonyl (C=S) groups is 1. The van der Waals surface area contributed by atoms with Crippen molar-refractivity contribution in [3.05, 3.63) is 0 Å². The summed E-state index contributed by atoms with van der Waals surface area (Å²) in [6, 6.07) is 0. The lowest BCUT2D eigenvalue weighted by molar-refractivity contribution is -0.132. The number of nitrogens with zero attached hydrogens (tertiary/aromatic N) is 1. The molecule has 2 N–H and O–H groups in total. The van der Waals surface area contributed by atoms with Gasteiger partial charge in [-0.2, -0.15) is 0 Å². The summed E-state index contributed by atoms with van der Waals surface area (Å²) in [5.74, 6) is -0.481. The van der Waals surface area contributed by atoms with Crippen molar-refractivity contribution < 1.29 is 13.2 Å². The van der Waals surface area contributed by atoms with Crippen molar-refractivity contribution in [1.82, 2.24) is 4.90 Å². The van der Waals surface area contributed by atoms with Crippen LogP contribution in [0.25, 0.3) is 0 Å². The van der Waals surface area contributed by atoms with E-state index in [0.29, 0.717) is 6.54 Å². The monoisotopic (exact) mass is 266 g/mol. The predicted molar refractivity (Wildman–Crippen MR) is 68.0 cm³/mol. The SMILES string of the molecule is CCN(CC(N)=S)C(=O)C(C)(C)S(C)(=O)=O. The van der Waals surface area contributed by atoms with Crippen LogP contribution in [0.15, 0.2) is 0 Å². The highest BCUT2D eigenvalue weighted by Gasteiger charge is 2.40. The second-order valence-corrected chi connectivity index (χ2v) is 7.16. The van der Waals surface area contributed by atoms with E-state index in [1.165, 1.54) is 18.7 Å². The largest absolute Gasteiger partial charge is 0.392 e. The Bertz CT molecular complexity index is 388. The molecule has 0 unspecified atom stereocenters. The fourth-order valence-corrected chi connectivity index (χ4v) is 1.66. The van der Waals surface area contributed by atoms with Crippen LogP contribution in [0.3, 0.4) is 0 Å². The molecule has 0 radical (unpaired) electrons. The lowest BCUT2D eigenvalue weighted by atomic mass is 10.1. The van der Waals surface area contributed by atoms with Crippen LogP contribution >= 0.6 is 12.2 Å². The van der Waals surface area contributed by atoms with E-state index in [0.717, 1.165) is 6.26 Å². The van der Waals surface area contributed by atoms with Crippen molar-refractivity contribution in [1.29, 1.82) is 0 Å². The van der Waals surface area contributed by atoms with Crippen LogP contribution in [0.2, 0.25) is 0 Å². The molecule has 5 nitrogen and oxygen atoms in total. The maximum Gasteiger partial charge on any atom is 0.243 e. The number of carbonyl (C=O) groups excluding carboxylic acids is 1. The van der Waals surface area contributed by atoms with Crippen molar-refractivity contribution in [3.8, 4) is 0 Å². The summed E-state index contributed by atoms with van der Waals surface area (Å²) in [6.45, 7) is 4.98. The number of rotatable bonds is 5. The Labute approximate surface area is 102 Å². The third kappa shape index (κ3) is 3.41. The predicted octanol–water partition coefficient (Wildman–Crippen LogP) is -0.0558. The number of hydrogen-bond donors (Lipinski definition) is 1. The van der Waals surface area contributed by atoms with Gasteiger partial charge in [0, 0.05) is 12.8 Å². The molecule has 0 atom stereocenters. The lowest BCUT2D eigenvalue weighted by Gasteiger charge is -2.29. The van der Waals surface area contributed by atoms with Gasteiger partial charge < -0.3 is 10.6 Å². The molecule has 16 heavy (non-hydrogen) atoms. The Balaban J connectivity index is 5.10. The highest BCUT2D eigenvalue weighted by atomic mass is 32.2. The summed E-state index contributed by atoms with van der Waals surface area (Å²) in [5, 5.41) is 0. The Hall–Kier alpha value is -0.690. The van der Waals surface area contributed by atoms with Gasteiger partial charge in [0.2, 0.25) is 5.91 Å². The quantitative estimate of drug-likeness (QED) is 0.705. The minimum absolute atomic E-state index is 0.101. The molecule has 0 bridgehead atoms. The molecule has 7 heteroatoms.